The maximum Gasteiger partial charge on any atom is 0.223 e. The zero-order valence-corrected chi connectivity index (χ0v) is 14.9. The van der Waals surface area contributed by atoms with Crippen LogP contribution in [0.25, 0.3) is 0 Å². The van der Waals surface area contributed by atoms with Gasteiger partial charge in [-0.3, -0.25) is 9.48 Å². The van der Waals surface area contributed by atoms with Crippen LogP contribution in [0.4, 0.5) is 0 Å². The molecule has 0 aliphatic carbocycles. The number of nitrogens with one attached hydrogen (secondary N) is 2. The number of hydrogen-bond donors (Lipinski definition) is 2. The van der Waals surface area contributed by atoms with Crippen LogP contribution in [0.5, 0.6) is 0 Å². The summed E-state index contributed by atoms with van der Waals surface area (Å²) in [7, 11) is 1.98. The van der Waals surface area contributed by atoms with E-state index in [0.717, 1.165) is 37.9 Å². The molecule has 0 unspecified atom stereocenters. The van der Waals surface area contributed by atoms with Gasteiger partial charge in [0.15, 0.2) is 0 Å². The van der Waals surface area contributed by atoms with E-state index in [1.165, 1.54) is 11.3 Å². The van der Waals surface area contributed by atoms with Gasteiger partial charge in [0, 0.05) is 36.8 Å². The topological polar surface area (TPSA) is 59.0 Å². The molecule has 126 valence electrons. The van der Waals surface area contributed by atoms with Crippen LogP contribution in [0, 0.1) is 5.92 Å². The van der Waals surface area contributed by atoms with Gasteiger partial charge in [-0.25, -0.2) is 0 Å². The van der Waals surface area contributed by atoms with Crippen molar-refractivity contribution in [3.8, 4) is 0 Å². The van der Waals surface area contributed by atoms with E-state index >= 15 is 0 Å². The molecule has 0 spiro atoms. The van der Waals surface area contributed by atoms with Gasteiger partial charge >= 0.3 is 0 Å². The van der Waals surface area contributed by atoms with Crippen molar-refractivity contribution in [2.24, 2.45) is 13.0 Å². The van der Waals surface area contributed by atoms with E-state index in [2.05, 4.69) is 36.5 Å². The van der Waals surface area contributed by atoms with Gasteiger partial charge in [-0.05, 0) is 39.2 Å². The molecule has 2 heterocycles. The number of carbonyl (C=O) groups excluding carboxylic acids is 1. The number of nitrogens with zero attached hydrogens (tertiary/aromatic N) is 2. The van der Waals surface area contributed by atoms with Crippen molar-refractivity contribution in [1.29, 1.82) is 0 Å². The zero-order valence-electron chi connectivity index (χ0n) is 14.1. The minimum atomic E-state index is 0. The van der Waals surface area contributed by atoms with E-state index in [9.17, 15) is 4.79 Å². The summed E-state index contributed by atoms with van der Waals surface area (Å²) in [4.78, 5) is 12.4. The molecule has 0 bridgehead atoms. The molecule has 1 aromatic heterocycles. The molecule has 1 amide bonds. The van der Waals surface area contributed by atoms with E-state index in [1.807, 2.05) is 11.7 Å². The van der Waals surface area contributed by atoms with Crippen LogP contribution in [0.2, 0.25) is 0 Å². The first-order valence-corrected chi connectivity index (χ1v) is 8.11. The molecular weight excluding hydrogens is 300 g/mol. The number of aryl methyl sites for hydroxylation is 2. The number of hydrogen-bond acceptors (Lipinski definition) is 3. The summed E-state index contributed by atoms with van der Waals surface area (Å²) in [6.07, 6.45) is 3.72. The smallest absolute Gasteiger partial charge is 0.223 e. The van der Waals surface area contributed by atoms with Gasteiger partial charge in [0.05, 0.1) is 5.69 Å². The lowest BCUT2D eigenvalue weighted by atomic mass is 9.92. The van der Waals surface area contributed by atoms with Gasteiger partial charge in [0.1, 0.15) is 0 Å². The Kier molecular flexibility index (Phi) is 7.36. The SMILES string of the molecule is CCc1nn(C)c(CC)c1CNC(=O)[C@H]1CCN[C@@H](C)C1.Cl. The van der Waals surface area contributed by atoms with Crippen LogP contribution < -0.4 is 10.6 Å². The second-order valence-electron chi connectivity index (χ2n) is 6.00. The fourth-order valence-electron chi connectivity index (χ4n) is 3.28. The Morgan fingerprint density at radius 1 is 1.41 bits per heavy atom. The summed E-state index contributed by atoms with van der Waals surface area (Å²) in [6.45, 7) is 7.94. The lowest BCUT2D eigenvalue weighted by molar-refractivity contribution is -0.126. The van der Waals surface area contributed by atoms with Crippen LogP contribution in [-0.4, -0.2) is 28.3 Å². The number of piperidine rings is 1. The molecule has 2 N–H and O–H groups in total. The van der Waals surface area contributed by atoms with Gasteiger partial charge in [0.2, 0.25) is 5.91 Å². The van der Waals surface area contributed by atoms with Crippen molar-refractivity contribution in [1.82, 2.24) is 20.4 Å². The Hall–Kier alpha value is -1.07. The average molecular weight is 329 g/mol. The van der Waals surface area contributed by atoms with E-state index in [4.69, 9.17) is 0 Å². The fourth-order valence-corrected chi connectivity index (χ4v) is 3.28. The van der Waals surface area contributed by atoms with Crippen molar-refractivity contribution in [3.63, 3.8) is 0 Å². The first kappa shape index (κ1) is 19.0. The number of halogens is 1. The Morgan fingerprint density at radius 2 is 2.14 bits per heavy atom. The van der Waals surface area contributed by atoms with Crippen molar-refractivity contribution >= 4 is 18.3 Å². The third-order valence-electron chi connectivity index (χ3n) is 4.46. The predicted octanol–water partition coefficient (Wildman–Crippen LogP) is 1.97. The van der Waals surface area contributed by atoms with Crippen molar-refractivity contribution in [3.05, 3.63) is 17.0 Å². The third kappa shape index (κ3) is 4.23. The molecule has 22 heavy (non-hydrogen) atoms. The molecule has 1 saturated heterocycles. The molecule has 2 rings (SSSR count). The third-order valence-corrected chi connectivity index (χ3v) is 4.46. The van der Waals surface area contributed by atoms with Crippen molar-refractivity contribution in [2.45, 2.75) is 59.0 Å². The first-order chi connectivity index (χ1) is 10.1. The monoisotopic (exact) mass is 328 g/mol. The first-order valence-electron chi connectivity index (χ1n) is 8.11. The van der Waals surface area contributed by atoms with Gasteiger partial charge in [-0.15, -0.1) is 12.4 Å². The maximum absolute atomic E-state index is 12.4. The quantitative estimate of drug-likeness (QED) is 0.869. The van der Waals surface area contributed by atoms with E-state index in [-0.39, 0.29) is 24.2 Å². The molecule has 2 atom stereocenters. The summed E-state index contributed by atoms with van der Waals surface area (Å²) >= 11 is 0. The van der Waals surface area contributed by atoms with Crippen molar-refractivity contribution in [2.75, 3.05) is 6.54 Å². The van der Waals surface area contributed by atoms with Gasteiger partial charge in [0.25, 0.3) is 0 Å². The molecule has 5 nitrogen and oxygen atoms in total. The normalized spacial score (nSPS) is 21.3. The van der Waals surface area contributed by atoms with Gasteiger partial charge in [-0.1, -0.05) is 13.8 Å². The minimum Gasteiger partial charge on any atom is -0.352 e. The van der Waals surface area contributed by atoms with Crippen molar-refractivity contribution < 1.29 is 4.79 Å². The molecule has 6 heteroatoms. The molecule has 0 aromatic carbocycles. The van der Waals surface area contributed by atoms with E-state index < -0.39 is 0 Å². The second-order valence-corrected chi connectivity index (χ2v) is 6.00. The zero-order chi connectivity index (χ0) is 15.4. The van der Waals surface area contributed by atoms with Crippen LogP contribution in [0.3, 0.4) is 0 Å². The summed E-state index contributed by atoms with van der Waals surface area (Å²) < 4.78 is 1.95. The Labute approximate surface area is 139 Å². The van der Waals surface area contributed by atoms with Crippen LogP contribution >= 0.6 is 12.4 Å². The summed E-state index contributed by atoms with van der Waals surface area (Å²) in [5, 5.41) is 11.1. The molecular formula is C16H29ClN4O. The highest BCUT2D eigenvalue weighted by Gasteiger charge is 2.25. The van der Waals surface area contributed by atoms with E-state index in [1.54, 1.807) is 0 Å². The highest BCUT2D eigenvalue weighted by atomic mass is 35.5. The van der Waals surface area contributed by atoms with Crippen LogP contribution in [-0.2, 0) is 31.2 Å². The molecule has 0 radical (unpaired) electrons. The largest absolute Gasteiger partial charge is 0.352 e. The highest BCUT2D eigenvalue weighted by molar-refractivity contribution is 5.85. The van der Waals surface area contributed by atoms with Crippen LogP contribution in [0.1, 0.15) is 50.6 Å². The average Bonchev–Trinajstić information content (AvgIpc) is 2.79. The molecule has 1 fully saturated rings. The maximum atomic E-state index is 12.4. The molecule has 1 aromatic rings. The molecule has 1 aliphatic rings. The van der Waals surface area contributed by atoms with Crippen LogP contribution in [0.15, 0.2) is 0 Å². The Bertz CT molecular complexity index is 501. The number of amides is 1. The minimum absolute atomic E-state index is 0. The summed E-state index contributed by atoms with van der Waals surface area (Å²) in [6, 6.07) is 0.435. The lowest BCUT2D eigenvalue weighted by Crippen LogP contribution is -2.42. The second kappa shape index (κ2) is 8.53. The number of rotatable bonds is 5. The summed E-state index contributed by atoms with van der Waals surface area (Å²) in [5.74, 6) is 0.337. The Morgan fingerprint density at radius 3 is 2.73 bits per heavy atom. The summed E-state index contributed by atoms with van der Waals surface area (Å²) in [5.41, 5.74) is 3.54. The standard InChI is InChI=1S/C16H28N4O.ClH/c1-5-14-13(15(6-2)20(4)19-14)10-18-16(21)12-7-8-17-11(3)9-12;/h11-12,17H,5-10H2,1-4H3,(H,18,21);1H/t11-,12-;/m0./s1. The van der Waals surface area contributed by atoms with Gasteiger partial charge in [-0.2, -0.15) is 5.10 Å². The lowest BCUT2D eigenvalue weighted by Gasteiger charge is -2.27. The predicted molar refractivity (Wildman–Crippen MR) is 91.2 cm³/mol. The molecule has 1 aliphatic heterocycles. The van der Waals surface area contributed by atoms with Gasteiger partial charge < -0.3 is 10.6 Å². The highest BCUT2D eigenvalue weighted by Crippen LogP contribution is 2.18. The number of aromatic nitrogens is 2. The molecule has 0 saturated carbocycles. The van der Waals surface area contributed by atoms with E-state index in [0.29, 0.717) is 12.6 Å². The Balaban J connectivity index is 0.00000242. The number of carbonyl (C=O) groups is 1. The fraction of sp³-hybridized carbons (Fsp3) is 0.750.